The van der Waals surface area contributed by atoms with Crippen molar-refractivity contribution in [1.82, 2.24) is 0 Å². The van der Waals surface area contributed by atoms with E-state index in [0.29, 0.717) is 0 Å². The smallest absolute Gasteiger partial charge is 0.264 e. The van der Waals surface area contributed by atoms with E-state index in [1.54, 1.807) is 0 Å². The topological polar surface area (TPSA) is 6.48 Å². The van der Waals surface area contributed by atoms with Gasteiger partial charge in [-0.2, -0.15) is 0 Å². The van der Waals surface area contributed by atoms with E-state index in [2.05, 4.69) is 277 Å². The van der Waals surface area contributed by atoms with Gasteiger partial charge in [0.15, 0.2) is 0 Å². The number of rotatable bonds is 4. The van der Waals surface area contributed by atoms with Crippen LogP contribution in [0, 0.1) is 13.8 Å². The van der Waals surface area contributed by atoms with Crippen molar-refractivity contribution < 1.29 is 0 Å². The predicted octanol–water partition coefficient (Wildman–Crippen LogP) is 16.7. The van der Waals surface area contributed by atoms with Gasteiger partial charge in [-0.3, -0.25) is 0 Å². The normalized spacial score (nSPS) is 14.3. The van der Waals surface area contributed by atoms with Crippen LogP contribution in [0.15, 0.2) is 200 Å². The molecule has 0 N–H and O–H groups in total. The van der Waals surface area contributed by atoms with Crippen LogP contribution in [0.25, 0.3) is 44.5 Å². The first-order valence-electron chi connectivity index (χ1n) is 26.0. The summed E-state index contributed by atoms with van der Waals surface area (Å²) < 4.78 is 1.40. The van der Waals surface area contributed by atoms with Crippen LogP contribution in [0.4, 0.5) is 34.1 Å². The van der Waals surface area contributed by atoms with Crippen molar-refractivity contribution in [3.63, 3.8) is 0 Å². The van der Waals surface area contributed by atoms with Crippen molar-refractivity contribution in [2.24, 2.45) is 0 Å². The van der Waals surface area contributed by atoms with Gasteiger partial charge in [0, 0.05) is 43.7 Å². The summed E-state index contributed by atoms with van der Waals surface area (Å²) in [6.07, 6.45) is 0. The summed E-state index contributed by atoms with van der Waals surface area (Å²) in [5.74, 6) is 0. The molecule has 1 aromatic heterocycles. The number of para-hydroxylation sites is 1. The molecule has 4 heteroatoms. The fourth-order valence-corrected chi connectivity index (χ4v) is 14.7. The van der Waals surface area contributed by atoms with E-state index in [9.17, 15) is 0 Å². The molecule has 352 valence electrons. The Morgan fingerprint density at radius 2 is 1.01 bits per heavy atom. The largest absolute Gasteiger partial charge is 0.311 e. The summed E-state index contributed by atoms with van der Waals surface area (Å²) in [6.45, 7) is 18.5. The number of fused-ring (bicyclic) bond motifs is 15. The maximum absolute atomic E-state index is 2.67. The predicted molar refractivity (Wildman–Crippen MR) is 312 cm³/mol. The van der Waals surface area contributed by atoms with Crippen LogP contribution in [-0.2, 0) is 16.2 Å². The van der Waals surface area contributed by atoms with Gasteiger partial charge in [0.1, 0.15) is 0 Å². The molecule has 0 saturated carbocycles. The van der Waals surface area contributed by atoms with E-state index < -0.39 is 5.41 Å². The van der Waals surface area contributed by atoms with Gasteiger partial charge in [-0.25, -0.2) is 0 Å². The Morgan fingerprint density at radius 3 is 1.68 bits per heavy atom. The first kappa shape index (κ1) is 44.1. The van der Waals surface area contributed by atoms with Crippen LogP contribution in [0.3, 0.4) is 0 Å². The Hall–Kier alpha value is -7.66. The number of hydrogen-bond acceptors (Lipinski definition) is 3. The van der Waals surface area contributed by atoms with Gasteiger partial charge in [0.2, 0.25) is 0 Å². The van der Waals surface area contributed by atoms with Gasteiger partial charge in [-0.05, 0) is 150 Å². The molecular formula is C69H57BN2S. The highest BCUT2D eigenvalue weighted by atomic mass is 32.1. The minimum atomic E-state index is -0.496. The van der Waals surface area contributed by atoms with Gasteiger partial charge in [-0.15, -0.1) is 11.3 Å². The Morgan fingerprint density at radius 1 is 0.425 bits per heavy atom. The van der Waals surface area contributed by atoms with Crippen LogP contribution in [-0.4, -0.2) is 6.71 Å². The van der Waals surface area contributed by atoms with Crippen molar-refractivity contribution in [2.45, 2.75) is 71.6 Å². The summed E-state index contributed by atoms with van der Waals surface area (Å²) in [5, 5.41) is 0. The number of anilines is 6. The summed E-state index contributed by atoms with van der Waals surface area (Å²) in [7, 11) is 0. The lowest BCUT2D eigenvalue weighted by molar-refractivity contribution is 0.588. The second-order valence-corrected chi connectivity index (χ2v) is 24.1. The maximum Gasteiger partial charge on any atom is 0.264 e. The Kier molecular flexibility index (Phi) is 9.46. The molecule has 14 rings (SSSR count). The average Bonchev–Trinajstić information content (AvgIpc) is 4.06. The third-order valence-corrected chi connectivity index (χ3v) is 17.8. The third kappa shape index (κ3) is 6.29. The van der Waals surface area contributed by atoms with E-state index in [4.69, 9.17) is 0 Å². The minimum Gasteiger partial charge on any atom is -0.311 e. The molecular weight excluding hydrogens is 900 g/mol. The van der Waals surface area contributed by atoms with Crippen LogP contribution in [0.2, 0.25) is 0 Å². The zero-order valence-corrected chi connectivity index (χ0v) is 43.7. The molecule has 0 atom stereocenters. The number of aryl methyl sites for hydroxylation is 2. The molecule has 1 spiro atoms. The molecule has 3 heterocycles. The molecule has 10 aromatic rings. The Bertz CT molecular complexity index is 3860. The monoisotopic (exact) mass is 956 g/mol. The quantitative estimate of drug-likeness (QED) is 0.162. The molecule has 4 aliphatic rings. The second kappa shape index (κ2) is 15.7. The van der Waals surface area contributed by atoms with Crippen LogP contribution in [0.1, 0.15) is 85.4 Å². The van der Waals surface area contributed by atoms with E-state index in [1.807, 2.05) is 0 Å². The molecule has 0 saturated heterocycles. The zero-order valence-electron chi connectivity index (χ0n) is 42.9. The lowest BCUT2D eigenvalue weighted by Crippen LogP contribution is -2.60. The number of nitrogens with zero attached hydrogens (tertiary/aromatic N) is 2. The van der Waals surface area contributed by atoms with Crippen LogP contribution >= 0.6 is 11.3 Å². The fraction of sp³-hybridized carbons (Fsp3) is 0.159. The molecule has 0 bridgehead atoms. The lowest BCUT2D eigenvalue weighted by Gasteiger charge is -2.44. The van der Waals surface area contributed by atoms with Crippen LogP contribution in [0.5, 0.6) is 0 Å². The Labute approximate surface area is 435 Å². The third-order valence-electron chi connectivity index (χ3n) is 16.5. The molecule has 73 heavy (non-hydrogen) atoms. The molecule has 2 nitrogen and oxygen atoms in total. The minimum absolute atomic E-state index is 0.0151. The SMILES string of the molecule is Cc1ccc(-c2ccccc2)c(-c2ccc3c(c2)N(c2ccccc2)c2cc(C)cc4c2B3c2sc3c(c2N4c2ccc(C(C)(C)C)cc2)-c2ccc(C(C)(C)C)cc2C32c3ccccc3-c3ccccc32)c1. The fourth-order valence-electron chi connectivity index (χ4n) is 13.1. The van der Waals surface area contributed by atoms with Gasteiger partial charge in [0.25, 0.3) is 6.71 Å². The molecule has 2 aliphatic carbocycles. The van der Waals surface area contributed by atoms with E-state index >= 15 is 0 Å². The molecule has 9 aromatic carbocycles. The van der Waals surface area contributed by atoms with E-state index in [1.165, 1.54) is 132 Å². The number of thiophene rings is 1. The van der Waals surface area contributed by atoms with Crippen molar-refractivity contribution in [1.29, 1.82) is 0 Å². The lowest BCUT2D eigenvalue weighted by atomic mass is 9.36. The summed E-state index contributed by atoms with van der Waals surface area (Å²) in [5.41, 5.74) is 29.1. The average molecular weight is 957 g/mol. The maximum atomic E-state index is 2.67. The number of benzene rings is 9. The first-order valence-corrected chi connectivity index (χ1v) is 26.8. The van der Waals surface area contributed by atoms with Crippen molar-refractivity contribution in [3.8, 4) is 44.5 Å². The number of hydrogen-bond donors (Lipinski definition) is 0. The summed E-state index contributed by atoms with van der Waals surface area (Å²) in [4.78, 5) is 6.67. The van der Waals surface area contributed by atoms with Crippen molar-refractivity contribution in [3.05, 3.63) is 244 Å². The van der Waals surface area contributed by atoms with Gasteiger partial charge in [0.05, 0.1) is 11.1 Å². The highest BCUT2D eigenvalue weighted by molar-refractivity contribution is 7.30. The standard InChI is InChI=1S/C69H57BN2S/c1-42-27-34-50(44-19-11-9-12-20-44)54(37-42)45-28-36-58-59(40-45)71(48-21-13-10-14-22-48)60-38-43(2)39-61-63(60)70(58)66-64(72(61)49-32-29-46(30-33-49)67(3,4)5)62-53-35-31-47(68(6,7)8)41-57(53)69(65(62)73-66)55-25-17-15-23-51(55)52-24-16-18-26-56(52)69/h9-41H,1-8H3. The van der Waals surface area contributed by atoms with E-state index in [-0.39, 0.29) is 17.5 Å². The van der Waals surface area contributed by atoms with Gasteiger partial charge < -0.3 is 9.80 Å². The second-order valence-electron chi connectivity index (χ2n) is 23.0. The molecule has 0 fully saturated rings. The van der Waals surface area contributed by atoms with Crippen molar-refractivity contribution >= 4 is 67.9 Å². The zero-order chi connectivity index (χ0) is 49.7. The molecule has 0 radical (unpaired) electrons. The first-order chi connectivity index (χ1) is 35.3. The summed E-state index contributed by atoms with van der Waals surface area (Å²) >= 11 is 2.07. The Balaban J connectivity index is 1.11. The molecule has 2 aliphatic heterocycles. The van der Waals surface area contributed by atoms with Gasteiger partial charge >= 0.3 is 0 Å². The van der Waals surface area contributed by atoms with Gasteiger partial charge in [-0.1, -0.05) is 205 Å². The molecule has 0 unspecified atom stereocenters. The van der Waals surface area contributed by atoms with E-state index in [0.717, 1.165) is 5.69 Å². The molecule has 0 amide bonds. The van der Waals surface area contributed by atoms with Crippen molar-refractivity contribution in [2.75, 3.05) is 9.80 Å². The summed E-state index contributed by atoms with van der Waals surface area (Å²) in [6, 6.07) is 76.8. The highest BCUT2D eigenvalue weighted by Crippen LogP contribution is 2.67. The van der Waals surface area contributed by atoms with Crippen LogP contribution < -0.4 is 25.5 Å². The highest BCUT2D eigenvalue weighted by Gasteiger charge is 2.57.